The monoisotopic (exact) mass is 395 g/mol. The van der Waals surface area contributed by atoms with Crippen LogP contribution in [0.4, 0.5) is 14.5 Å². The SMILES string of the molecule is CN(c1cccc([C@H]2CCN(CC(=O)O)CC2(F)F)c1)[C@@H]1CCC(=O)NC1=O. The van der Waals surface area contributed by atoms with Crippen molar-refractivity contribution in [3.8, 4) is 0 Å². The van der Waals surface area contributed by atoms with Crippen LogP contribution in [0.2, 0.25) is 0 Å². The van der Waals surface area contributed by atoms with Gasteiger partial charge in [0.05, 0.1) is 19.0 Å². The smallest absolute Gasteiger partial charge is 0.317 e. The van der Waals surface area contributed by atoms with Crippen molar-refractivity contribution in [2.45, 2.75) is 37.1 Å². The van der Waals surface area contributed by atoms with Crippen LogP contribution in [0.15, 0.2) is 24.3 Å². The number of rotatable bonds is 5. The second kappa shape index (κ2) is 7.83. The Bertz CT molecular complexity index is 786. The van der Waals surface area contributed by atoms with E-state index in [1.807, 2.05) is 0 Å². The van der Waals surface area contributed by atoms with Crippen molar-refractivity contribution in [2.24, 2.45) is 0 Å². The molecule has 7 nitrogen and oxygen atoms in total. The Morgan fingerprint density at radius 3 is 2.75 bits per heavy atom. The third kappa shape index (κ3) is 4.30. The molecule has 2 N–H and O–H groups in total. The second-order valence-corrected chi connectivity index (χ2v) is 7.38. The van der Waals surface area contributed by atoms with E-state index < -0.39 is 42.8 Å². The summed E-state index contributed by atoms with van der Waals surface area (Å²) in [6.07, 6.45) is 0.752. The molecule has 0 aliphatic carbocycles. The molecule has 0 bridgehead atoms. The summed E-state index contributed by atoms with van der Waals surface area (Å²) in [6, 6.07) is 6.16. The second-order valence-electron chi connectivity index (χ2n) is 7.38. The molecule has 0 spiro atoms. The first-order valence-electron chi connectivity index (χ1n) is 9.16. The van der Waals surface area contributed by atoms with Gasteiger partial charge in [-0.15, -0.1) is 0 Å². The molecule has 2 aliphatic rings. The Labute approximate surface area is 161 Å². The van der Waals surface area contributed by atoms with Crippen LogP contribution < -0.4 is 10.2 Å². The third-order valence-corrected chi connectivity index (χ3v) is 5.39. The number of anilines is 1. The number of halogens is 2. The van der Waals surface area contributed by atoms with Crippen molar-refractivity contribution >= 4 is 23.5 Å². The highest BCUT2D eigenvalue weighted by molar-refractivity contribution is 6.01. The quantitative estimate of drug-likeness (QED) is 0.734. The highest BCUT2D eigenvalue weighted by Crippen LogP contribution is 2.41. The number of hydrogen-bond acceptors (Lipinski definition) is 5. The first-order chi connectivity index (χ1) is 13.2. The molecule has 152 valence electrons. The molecule has 0 aromatic heterocycles. The van der Waals surface area contributed by atoms with Crippen molar-refractivity contribution < 1.29 is 28.3 Å². The van der Waals surface area contributed by atoms with Gasteiger partial charge in [0.1, 0.15) is 6.04 Å². The number of nitrogens with zero attached hydrogens (tertiary/aromatic N) is 2. The van der Waals surface area contributed by atoms with Crippen LogP contribution in [0, 0.1) is 0 Å². The molecule has 3 rings (SSSR count). The Morgan fingerprint density at radius 1 is 1.36 bits per heavy atom. The first kappa shape index (κ1) is 20.2. The van der Waals surface area contributed by atoms with E-state index >= 15 is 0 Å². The zero-order valence-electron chi connectivity index (χ0n) is 15.5. The van der Waals surface area contributed by atoms with Gasteiger partial charge in [-0.05, 0) is 37.1 Å². The van der Waals surface area contributed by atoms with E-state index in [2.05, 4.69) is 5.32 Å². The van der Waals surface area contributed by atoms with E-state index in [0.29, 0.717) is 17.7 Å². The number of imide groups is 1. The van der Waals surface area contributed by atoms with E-state index in [0.717, 1.165) is 0 Å². The predicted octanol–water partition coefficient (Wildman–Crippen LogP) is 1.44. The number of carboxylic acid groups (broad SMARTS) is 1. The number of nitrogens with one attached hydrogen (secondary N) is 1. The molecule has 2 saturated heterocycles. The summed E-state index contributed by atoms with van der Waals surface area (Å²) < 4.78 is 29.4. The van der Waals surface area contributed by atoms with Crippen molar-refractivity contribution in [2.75, 3.05) is 31.6 Å². The van der Waals surface area contributed by atoms with Gasteiger partial charge in [-0.25, -0.2) is 8.78 Å². The minimum Gasteiger partial charge on any atom is -0.480 e. The normalized spacial score (nSPS) is 25.2. The van der Waals surface area contributed by atoms with E-state index in [1.165, 1.54) is 4.90 Å². The Hall–Kier alpha value is -2.55. The van der Waals surface area contributed by atoms with Crippen LogP contribution in [-0.2, 0) is 14.4 Å². The maximum atomic E-state index is 14.7. The number of amides is 2. The fourth-order valence-corrected chi connectivity index (χ4v) is 3.94. The minimum absolute atomic E-state index is 0.145. The van der Waals surface area contributed by atoms with Gasteiger partial charge in [0, 0.05) is 19.2 Å². The zero-order valence-corrected chi connectivity index (χ0v) is 15.5. The number of carbonyl (C=O) groups is 3. The summed E-state index contributed by atoms with van der Waals surface area (Å²) in [5.41, 5.74) is 1.08. The molecule has 1 aromatic carbocycles. The molecule has 0 unspecified atom stereocenters. The van der Waals surface area contributed by atoms with Gasteiger partial charge in [0.2, 0.25) is 11.8 Å². The molecular weight excluding hydrogens is 372 g/mol. The molecular formula is C19H23F2N3O4. The van der Waals surface area contributed by atoms with Gasteiger partial charge in [0.15, 0.2) is 0 Å². The van der Waals surface area contributed by atoms with Crippen LogP contribution in [0.3, 0.4) is 0 Å². The molecule has 2 aliphatic heterocycles. The molecule has 2 heterocycles. The molecule has 0 radical (unpaired) electrons. The van der Waals surface area contributed by atoms with Gasteiger partial charge in [-0.2, -0.15) is 0 Å². The standard InChI is InChI=1S/C19H23F2N3O4/c1-23(15-5-6-16(25)22-18(15)28)13-4-2-3-12(9-13)14-7-8-24(10-17(26)27)11-19(14,20)21/h2-4,9,14-15H,5-8,10-11H2,1H3,(H,26,27)(H,22,25,28)/t14-,15-/m1/s1. The number of carboxylic acids is 1. The molecule has 1 aromatic rings. The van der Waals surface area contributed by atoms with Crippen LogP contribution in [-0.4, -0.2) is 66.4 Å². The maximum Gasteiger partial charge on any atom is 0.317 e. The van der Waals surface area contributed by atoms with Gasteiger partial charge in [0.25, 0.3) is 5.92 Å². The molecule has 28 heavy (non-hydrogen) atoms. The van der Waals surface area contributed by atoms with Crippen LogP contribution in [0.25, 0.3) is 0 Å². The molecule has 2 atom stereocenters. The van der Waals surface area contributed by atoms with E-state index in [9.17, 15) is 23.2 Å². The fourth-order valence-electron chi connectivity index (χ4n) is 3.94. The highest BCUT2D eigenvalue weighted by atomic mass is 19.3. The zero-order chi connectivity index (χ0) is 20.5. The Kier molecular flexibility index (Phi) is 5.64. The fraction of sp³-hybridized carbons (Fsp3) is 0.526. The largest absolute Gasteiger partial charge is 0.480 e. The lowest BCUT2D eigenvalue weighted by atomic mass is 9.86. The average Bonchev–Trinajstić information content (AvgIpc) is 2.60. The lowest BCUT2D eigenvalue weighted by Gasteiger charge is -2.38. The molecule has 0 saturated carbocycles. The number of aliphatic carboxylic acids is 1. The van der Waals surface area contributed by atoms with Crippen LogP contribution in [0.5, 0.6) is 0 Å². The van der Waals surface area contributed by atoms with Crippen molar-refractivity contribution in [1.29, 1.82) is 0 Å². The number of likely N-dealkylation sites (N-methyl/N-ethyl adjacent to an activating group) is 1. The maximum absolute atomic E-state index is 14.7. The van der Waals surface area contributed by atoms with Crippen molar-refractivity contribution in [1.82, 2.24) is 10.2 Å². The van der Waals surface area contributed by atoms with Crippen molar-refractivity contribution in [3.63, 3.8) is 0 Å². The summed E-state index contributed by atoms with van der Waals surface area (Å²) in [4.78, 5) is 37.2. The van der Waals surface area contributed by atoms with Gasteiger partial charge >= 0.3 is 5.97 Å². The lowest BCUT2D eigenvalue weighted by Crippen LogP contribution is -2.51. The summed E-state index contributed by atoms with van der Waals surface area (Å²) in [5, 5.41) is 11.1. The average molecular weight is 395 g/mol. The van der Waals surface area contributed by atoms with E-state index in [4.69, 9.17) is 5.11 Å². The summed E-state index contributed by atoms with van der Waals surface area (Å²) >= 11 is 0. The number of alkyl halides is 2. The molecule has 2 amide bonds. The predicted molar refractivity (Wildman–Crippen MR) is 97.4 cm³/mol. The number of likely N-dealkylation sites (tertiary alicyclic amines) is 1. The number of piperidine rings is 2. The number of benzene rings is 1. The Balaban J connectivity index is 1.77. The van der Waals surface area contributed by atoms with E-state index in [-0.39, 0.29) is 25.3 Å². The van der Waals surface area contributed by atoms with Gasteiger partial charge in [-0.3, -0.25) is 24.6 Å². The van der Waals surface area contributed by atoms with Crippen LogP contribution in [0.1, 0.15) is 30.7 Å². The Morgan fingerprint density at radius 2 is 2.11 bits per heavy atom. The number of carbonyl (C=O) groups excluding carboxylic acids is 2. The lowest BCUT2D eigenvalue weighted by molar-refractivity contribution is -0.142. The third-order valence-electron chi connectivity index (χ3n) is 5.39. The van der Waals surface area contributed by atoms with Crippen molar-refractivity contribution in [3.05, 3.63) is 29.8 Å². The van der Waals surface area contributed by atoms with Crippen LogP contribution >= 0.6 is 0 Å². The molecule has 2 fully saturated rings. The summed E-state index contributed by atoms with van der Waals surface area (Å²) in [7, 11) is 1.70. The summed E-state index contributed by atoms with van der Waals surface area (Å²) in [5.74, 6) is -5.90. The van der Waals surface area contributed by atoms with Gasteiger partial charge in [-0.1, -0.05) is 12.1 Å². The van der Waals surface area contributed by atoms with Gasteiger partial charge < -0.3 is 10.0 Å². The van der Waals surface area contributed by atoms with E-state index in [1.54, 1.807) is 36.2 Å². The molecule has 9 heteroatoms. The topological polar surface area (TPSA) is 89.9 Å². The summed E-state index contributed by atoms with van der Waals surface area (Å²) in [6.45, 7) is -0.725. The first-order valence-corrected chi connectivity index (χ1v) is 9.16. The highest BCUT2D eigenvalue weighted by Gasteiger charge is 2.45. The minimum atomic E-state index is -3.06. The number of hydrogen-bond donors (Lipinski definition) is 2.